The van der Waals surface area contributed by atoms with E-state index in [9.17, 15) is 0 Å². The second-order valence-corrected chi connectivity index (χ2v) is 4.43. The third kappa shape index (κ3) is 1.94. The summed E-state index contributed by atoms with van der Waals surface area (Å²) >= 11 is 0. The molecule has 0 amide bonds. The molecule has 2 fully saturated rings. The first kappa shape index (κ1) is 9.63. The van der Waals surface area contributed by atoms with Gasteiger partial charge in [0, 0.05) is 19.1 Å². The molecule has 0 aromatic heterocycles. The van der Waals surface area contributed by atoms with Crippen LogP contribution in [0.3, 0.4) is 0 Å². The zero-order valence-electron chi connectivity index (χ0n) is 9.05. The average Bonchev–Trinajstić information content (AvgIpc) is 2.18. The van der Waals surface area contributed by atoms with Crippen molar-refractivity contribution in [3.8, 4) is 0 Å². The summed E-state index contributed by atoms with van der Waals surface area (Å²) in [6.07, 6.45) is 7.59. The van der Waals surface area contributed by atoms with Gasteiger partial charge in [0.1, 0.15) is 5.82 Å². The molecule has 14 heavy (non-hydrogen) atoms. The van der Waals surface area contributed by atoms with Crippen molar-refractivity contribution in [3.05, 3.63) is 24.0 Å². The van der Waals surface area contributed by atoms with E-state index in [2.05, 4.69) is 29.8 Å². The Bertz CT molecular complexity index is 253. The molecular weight excluding hydrogens is 172 g/mol. The first-order valence-corrected chi connectivity index (χ1v) is 5.65. The number of hydrogen-bond donors (Lipinski definition) is 1. The standard InChI is InChI=1S/C12H20N2/c1-10(2)9-12-13-7-6-11-5-3-4-8-14(11)12/h9,11,13H,1,3-8H2,2H3/b12-9+. The number of fused-ring (bicyclic) bond motifs is 1. The summed E-state index contributed by atoms with van der Waals surface area (Å²) in [7, 11) is 0. The zero-order chi connectivity index (χ0) is 9.97. The second kappa shape index (κ2) is 4.07. The predicted octanol–water partition coefficient (Wildman–Crippen LogP) is 2.25. The smallest absolute Gasteiger partial charge is 0.102 e. The van der Waals surface area contributed by atoms with Crippen LogP contribution in [0.15, 0.2) is 24.0 Å². The summed E-state index contributed by atoms with van der Waals surface area (Å²) in [4.78, 5) is 2.53. The van der Waals surface area contributed by atoms with Gasteiger partial charge >= 0.3 is 0 Å². The number of allylic oxidation sites excluding steroid dienone is 2. The molecule has 2 heteroatoms. The summed E-state index contributed by atoms with van der Waals surface area (Å²) in [5.41, 5.74) is 1.14. The fraction of sp³-hybridized carbons (Fsp3) is 0.667. The van der Waals surface area contributed by atoms with Gasteiger partial charge in [0.15, 0.2) is 0 Å². The Hall–Kier alpha value is -0.920. The lowest BCUT2D eigenvalue weighted by Gasteiger charge is -2.43. The van der Waals surface area contributed by atoms with E-state index in [1.54, 1.807) is 0 Å². The van der Waals surface area contributed by atoms with Crippen LogP contribution in [-0.4, -0.2) is 24.0 Å². The van der Waals surface area contributed by atoms with Crippen LogP contribution in [0.25, 0.3) is 0 Å². The van der Waals surface area contributed by atoms with E-state index >= 15 is 0 Å². The minimum absolute atomic E-state index is 0.788. The molecule has 78 valence electrons. The van der Waals surface area contributed by atoms with Crippen LogP contribution < -0.4 is 5.32 Å². The Morgan fingerprint density at radius 2 is 2.36 bits per heavy atom. The number of rotatable bonds is 1. The topological polar surface area (TPSA) is 15.3 Å². The Labute approximate surface area is 86.7 Å². The van der Waals surface area contributed by atoms with Gasteiger partial charge in [-0.05, 0) is 38.7 Å². The van der Waals surface area contributed by atoms with Crippen molar-refractivity contribution in [2.75, 3.05) is 13.1 Å². The number of piperidine rings is 1. The first-order valence-electron chi connectivity index (χ1n) is 5.65. The highest BCUT2D eigenvalue weighted by molar-refractivity contribution is 5.19. The Kier molecular flexibility index (Phi) is 2.80. The van der Waals surface area contributed by atoms with Crippen molar-refractivity contribution in [2.45, 2.75) is 38.6 Å². The maximum absolute atomic E-state index is 3.94. The summed E-state index contributed by atoms with van der Waals surface area (Å²) < 4.78 is 0. The molecule has 1 unspecified atom stereocenters. The minimum Gasteiger partial charge on any atom is -0.372 e. The molecule has 2 saturated heterocycles. The van der Waals surface area contributed by atoms with Crippen LogP contribution in [0, 0.1) is 0 Å². The molecule has 2 aliphatic heterocycles. The molecule has 0 bridgehead atoms. The Morgan fingerprint density at radius 3 is 3.14 bits per heavy atom. The maximum Gasteiger partial charge on any atom is 0.102 e. The van der Waals surface area contributed by atoms with Gasteiger partial charge in [-0.3, -0.25) is 0 Å². The van der Waals surface area contributed by atoms with Crippen molar-refractivity contribution in [1.29, 1.82) is 0 Å². The quantitative estimate of drug-likeness (QED) is 0.685. The van der Waals surface area contributed by atoms with Gasteiger partial charge in [0.2, 0.25) is 0 Å². The fourth-order valence-corrected chi connectivity index (χ4v) is 2.45. The van der Waals surface area contributed by atoms with E-state index in [4.69, 9.17) is 0 Å². The van der Waals surface area contributed by atoms with Gasteiger partial charge in [0.25, 0.3) is 0 Å². The van der Waals surface area contributed by atoms with E-state index in [1.807, 2.05) is 0 Å². The van der Waals surface area contributed by atoms with Gasteiger partial charge in [-0.1, -0.05) is 12.2 Å². The summed E-state index contributed by atoms with van der Waals surface area (Å²) in [6.45, 7) is 8.35. The highest BCUT2D eigenvalue weighted by Crippen LogP contribution is 2.25. The molecule has 2 heterocycles. The van der Waals surface area contributed by atoms with Gasteiger partial charge in [-0.2, -0.15) is 0 Å². The molecule has 0 spiro atoms. The summed E-state index contributed by atoms with van der Waals surface area (Å²) in [5, 5.41) is 3.48. The number of nitrogens with zero attached hydrogens (tertiary/aromatic N) is 1. The lowest BCUT2D eigenvalue weighted by Crippen LogP contribution is -2.48. The molecule has 0 aliphatic carbocycles. The van der Waals surface area contributed by atoms with Crippen LogP contribution >= 0.6 is 0 Å². The van der Waals surface area contributed by atoms with Gasteiger partial charge in [-0.15, -0.1) is 0 Å². The van der Waals surface area contributed by atoms with Crippen molar-refractivity contribution >= 4 is 0 Å². The van der Waals surface area contributed by atoms with Crippen molar-refractivity contribution in [1.82, 2.24) is 10.2 Å². The van der Waals surface area contributed by atoms with Crippen LogP contribution in [0.5, 0.6) is 0 Å². The molecule has 2 aliphatic rings. The van der Waals surface area contributed by atoms with Gasteiger partial charge in [0.05, 0.1) is 0 Å². The van der Waals surface area contributed by atoms with Crippen molar-refractivity contribution < 1.29 is 0 Å². The highest BCUT2D eigenvalue weighted by Gasteiger charge is 2.26. The van der Waals surface area contributed by atoms with Crippen LogP contribution in [0.2, 0.25) is 0 Å². The van der Waals surface area contributed by atoms with Gasteiger partial charge in [-0.25, -0.2) is 0 Å². The molecule has 0 saturated carbocycles. The number of nitrogens with one attached hydrogen (secondary N) is 1. The van der Waals surface area contributed by atoms with Gasteiger partial charge < -0.3 is 10.2 Å². The van der Waals surface area contributed by atoms with E-state index < -0.39 is 0 Å². The minimum atomic E-state index is 0.788. The average molecular weight is 192 g/mol. The highest BCUT2D eigenvalue weighted by atomic mass is 15.3. The third-order valence-electron chi connectivity index (χ3n) is 3.10. The lowest BCUT2D eigenvalue weighted by molar-refractivity contribution is 0.148. The van der Waals surface area contributed by atoms with E-state index in [1.165, 1.54) is 38.0 Å². The summed E-state index contributed by atoms with van der Waals surface area (Å²) in [6, 6.07) is 0.788. The Morgan fingerprint density at radius 1 is 1.50 bits per heavy atom. The molecule has 2 rings (SSSR count). The monoisotopic (exact) mass is 192 g/mol. The number of hydrogen-bond acceptors (Lipinski definition) is 2. The molecule has 0 radical (unpaired) electrons. The van der Waals surface area contributed by atoms with Crippen molar-refractivity contribution in [3.63, 3.8) is 0 Å². The van der Waals surface area contributed by atoms with E-state index in [0.29, 0.717) is 0 Å². The van der Waals surface area contributed by atoms with Crippen LogP contribution in [0.1, 0.15) is 32.6 Å². The Balaban J connectivity index is 2.12. The molecule has 1 atom stereocenters. The van der Waals surface area contributed by atoms with E-state index in [-0.39, 0.29) is 0 Å². The third-order valence-corrected chi connectivity index (χ3v) is 3.10. The normalized spacial score (nSPS) is 29.6. The first-order chi connectivity index (χ1) is 6.77. The largest absolute Gasteiger partial charge is 0.372 e. The lowest BCUT2D eigenvalue weighted by atomic mass is 9.97. The fourth-order valence-electron chi connectivity index (χ4n) is 2.45. The SMILES string of the molecule is C=C(C)/C=C1\NCCC2CCCCN12. The summed E-state index contributed by atoms with van der Waals surface area (Å²) in [5.74, 6) is 1.30. The molecule has 2 nitrogen and oxygen atoms in total. The van der Waals surface area contributed by atoms with Crippen LogP contribution in [0.4, 0.5) is 0 Å². The maximum atomic E-state index is 3.94. The van der Waals surface area contributed by atoms with E-state index in [0.717, 1.165) is 18.2 Å². The molecule has 1 N–H and O–H groups in total. The van der Waals surface area contributed by atoms with Crippen molar-refractivity contribution in [2.24, 2.45) is 0 Å². The predicted molar refractivity (Wildman–Crippen MR) is 59.9 cm³/mol. The van der Waals surface area contributed by atoms with Crippen LogP contribution in [-0.2, 0) is 0 Å². The molecular formula is C12H20N2. The zero-order valence-corrected chi connectivity index (χ0v) is 9.05. The molecule has 0 aromatic rings. The molecule has 0 aromatic carbocycles. The second-order valence-electron chi connectivity index (χ2n) is 4.43.